The third-order valence-electron chi connectivity index (χ3n) is 4.94. The minimum Gasteiger partial charge on any atom is -0.616 e. The Morgan fingerprint density at radius 3 is 2.50 bits per heavy atom. The van der Waals surface area contributed by atoms with Gasteiger partial charge in [0, 0.05) is 12.0 Å². The molecule has 0 amide bonds. The minimum absolute atomic E-state index is 0.0891. The number of ketones is 1. The van der Waals surface area contributed by atoms with Crippen molar-refractivity contribution >= 4 is 17.0 Å². The molecule has 1 spiro atoms. The zero-order chi connectivity index (χ0) is 19.9. The summed E-state index contributed by atoms with van der Waals surface area (Å²) in [7, 11) is 1.49. The smallest absolute Gasteiger partial charge is 0.260 e. The van der Waals surface area contributed by atoms with Gasteiger partial charge in [0.25, 0.3) is 5.79 Å². The predicted octanol–water partition coefficient (Wildman–Crippen LogP) is 1.94. The van der Waals surface area contributed by atoms with Crippen LogP contribution in [-0.4, -0.2) is 49.9 Å². The van der Waals surface area contributed by atoms with Gasteiger partial charge in [-0.3, -0.25) is 9.78 Å². The number of pyridine rings is 1. The van der Waals surface area contributed by atoms with E-state index in [-0.39, 0.29) is 40.6 Å². The number of hydrogen-bond donors (Lipinski definition) is 2. The van der Waals surface area contributed by atoms with Gasteiger partial charge in [0.15, 0.2) is 17.3 Å². The van der Waals surface area contributed by atoms with Crippen molar-refractivity contribution in [2.45, 2.75) is 25.0 Å². The van der Waals surface area contributed by atoms with Crippen molar-refractivity contribution in [2.75, 3.05) is 18.6 Å². The molecular weight excluding hydrogens is 386 g/mol. The number of methoxy groups -OCH3 is 1. The number of aromatic hydroxyl groups is 2. The van der Waals surface area contributed by atoms with Gasteiger partial charge in [0.2, 0.25) is 5.75 Å². The molecule has 2 aliphatic heterocycles. The lowest BCUT2D eigenvalue weighted by Gasteiger charge is -2.32. The fourth-order valence-electron chi connectivity index (χ4n) is 3.39. The topological polar surface area (TPSA) is 121 Å². The number of benzene rings is 1. The second-order valence-corrected chi connectivity index (χ2v) is 8.39. The number of carbonyl (C=O) groups excluding carboxylic acids is 1. The molecule has 0 aliphatic carbocycles. The molecule has 0 bridgehead atoms. The van der Waals surface area contributed by atoms with E-state index in [1.165, 1.54) is 7.11 Å². The SMILES string of the molecule is COc1ccc(C(=O)Cc2c(O)cncc2O)c2c1OC1(CC[S+]([O-])CC1)O2. The van der Waals surface area contributed by atoms with Gasteiger partial charge < -0.3 is 29.0 Å². The summed E-state index contributed by atoms with van der Waals surface area (Å²) in [6.07, 6.45) is 2.97. The molecule has 0 atom stereocenters. The summed E-state index contributed by atoms with van der Waals surface area (Å²) in [5.41, 5.74) is 0.348. The maximum atomic E-state index is 12.9. The highest BCUT2D eigenvalue weighted by molar-refractivity contribution is 7.91. The van der Waals surface area contributed by atoms with E-state index in [9.17, 15) is 19.6 Å². The Kier molecular flexibility index (Phi) is 4.72. The lowest BCUT2D eigenvalue weighted by Crippen LogP contribution is -2.46. The summed E-state index contributed by atoms with van der Waals surface area (Å²) in [5, 5.41) is 19.8. The Hall–Kier alpha value is -2.65. The van der Waals surface area contributed by atoms with Crippen molar-refractivity contribution in [1.29, 1.82) is 0 Å². The highest BCUT2D eigenvalue weighted by Gasteiger charge is 2.48. The van der Waals surface area contributed by atoms with E-state index < -0.39 is 17.0 Å². The maximum absolute atomic E-state index is 12.9. The fraction of sp³-hybridized carbons (Fsp3) is 0.368. The van der Waals surface area contributed by atoms with E-state index in [0.29, 0.717) is 35.8 Å². The largest absolute Gasteiger partial charge is 0.616 e. The second-order valence-electron chi connectivity index (χ2n) is 6.69. The van der Waals surface area contributed by atoms with Gasteiger partial charge in [-0.1, -0.05) is 11.2 Å². The van der Waals surface area contributed by atoms with Gasteiger partial charge in [0.1, 0.15) is 23.0 Å². The Morgan fingerprint density at radius 2 is 1.86 bits per heavy atom. The van der Waals surface area contributed by atoms with Gasteiger partial charge in [-0.25, -0.2) is 0 Å². The lowest BCUT2D eigenvalue weighted by molar-refractivity contribution is -0.0863. The standard InChI is InChI=1S/C19H19NO7S/c1-25-16-3-2-11(13(21)8-12-14(22)9-20-10-15(12)23)17-18(16)27-19(26-17)4-6-28(24)7-5-19/h2-3,9-10,22-23H,4-8H2,1H3. The van der Waals surface area contributed by atoms with E-state index in [4.69, 9.17) is 14.2 Å². The summed E-state index contributed by atoms with van der Waals surface area (Å²) < 4.78 is 29.2. The van der Waals surface area contributed by atoms with E-state index in [2.05, 4.69) is 4.98 Å². The van der Waals surface area contributed by atoms with E-state index in [1.807, 2.05) is 0 Å². The van der Waals surface area contributed by atoms with Crippen LogP contribution >= 0.6 is 0 Å². The quantitative estimate of drug-likeness (QED) is 0.585. The van der Waals surface area contributed by atoms with Gasteiger partial charge in [-0.05, 0) is 12.1 Å². The second kappa shape index (κ2) is 7.06. The van der Waals surface area contributed by atoms with E-state index in [0.717, 1.165) is 12.4 Å². The van der Waals surface area contributed by atoms with Crippen molar-refractivity contribution < 1.29 is 33.8 Å². The number of ether oxygens (including phenoxy) is 3. The van der Waals surface area contributed by atoms with Crippen LogP contribution in [0.15, 0.2) is 24.5 Å². The third-order valence-corrected chi connectivity index (χ3v) is 6.26. The first-order valence-corrected chi connectivity index (χ1v) is 10.2. The Morgan fingerprint density at radius 1 is 1.21 bits per heavy atom. The van der Waals surface area contributed by atoms with Crippen molar-refractivity contribution in [3.8, 4) is 28.7 Å². The molecule has 2 aromatic rings. The molecule has 148 valence electrons. The van der Waals surface area contributed by atoms with Crippen molar-refractivity contribution in [3.63, 3.8) is 0 Å². The average Bonchev–Trinajstić information content (AvgIpc) is 3.05. The third kappa shape index (κ3) is 3.20. The predicted molar refractivity (Wildman–Crippen MR) is 99.7 cm³/mol. The molecule has 0 saturated carbocycles. The molecule has 28 heavy (non-hydrogen) atoms. The molecule has 1 aromatic carbocycles. The monoisotopic (exact) mass is 405 g/mol. The molecule has 2 N–H and O–H groups in total. The highest BCUT2D eigenvalue weighted by atomic mass is 32.2. The number of aromatic nitrogens is 1. The zero-order valence-corrected chi connectivity index (χ0v) is 16.0. The van der Waals surface area contributed by atoms with Crippen LogP contribution < -0.4 is 14.2 Å². The number of nitrogens with zero attached hydrogens (tertiary/aromatic N) is 1. The van der Waals surface area contributed by atoms with Crippen LogP contribution in [0.3, 0.4) is 0 Å². The summed E-state index contributed by atoms with van der Waals surface area (Å²) in [4.78, 5) is 16.6. The molecule has 1 saturated heterocycles. The molecule has 4 rings (SSSR count). The van der Waals surface area contributed by atoms with Gasteiger partial charge in [-0.15, -0.1) is 0 Å². The van der Waals surface area contributed by atoms with Crippen LogP contribution in [0.2, 0.25) is 0 Å². The van der Waals surface area contributed by atoms with E-state index in [1.54, 1.807) is 12.1 Å². The van der Waals surface area contributed by atoms with Crippen molar-refractivity contribution in [3.05, 3.63) is 35.7 Å². The van der Waals surface area contributed by atoms with Gasteiger partial charge in [0.05, 0.1) is 37.9 Å². The van der Waals surface area contributed by atoms with E-state index >= 15 is 0 Å². The summed E-state index contributed by atoms with van der Waals surface area (Å²) in [6, 6.07) is 3.18. The number of rotatable bonds is 4. The summed E-state index contributed by atoms with van der Waals surface area (Å²) in [5.74, 6) is 0.107. The molecule has 1 fully saturated rings. The molecule has 3 heterocycles. The number of Topliss-reactive ketones (excluding diaryl/α,β-unsaturated/α-hetero) is 1. The molecule has 2 aliphatic rings. The van der Waals surface area contributed by atoms with Crippen LogP contribution in [-0.2, 0) is 17.6 Å². The van der Waals surface area contributed by atoms with Crippen LogP contribution in [0.25, 0.3) is 0 Å². The van der Waals surface area contributed by atoms with Crippen LogP contribution in [0.4, 0.5) is 0 Å². The number of hydrogen-bond acceptors (Lipinski definition) is 8. The molecule has 1 aromatic heterocycles. The number of fused-ring (bicyclic) bond motifs is 1. The molecular formula is C19H19NO7S. The first-order valence-electron chi connectivity index (χ1n) is 8.74. The Balaban J connectivity index is 1.67. The highest BCUT2D eigenvalue weighted by Crippen LogP contribution is 2.51. The minimum atomic E-state index is -0.957. The van der Waals surface area contributed by atoms with Gasteiger partial charge >= 0.3 is 0 Å². The maximum Gasteiger partial charge on any atom is 0.260 e. The molecule has 0 radical (unpaired) electrons. The van der Waals surface area contributed by atoms with Gasteiger partial charge in [-0.2, -0.15) is 0 Å². The summed E-state index contributed by atoms with van der Waals surface area (Å²) >= 11 is -0.900. The molecule has 8 nitrogen and oxygen atoms in total. The Labute approximate surface area is 164 Å². The first kappa shape index (κ1) is 18.7. The normalized spacial score (nSPS) is 23.0. The number of carbonyl (C=O) groups is 1. The Bertz CT molecular complexity index is 904. The molecule has 0 unspecified atom stereocenters. The van der Waals surface area contributed by atoms with Crippen LogP contribution in [0.5, 0.6) is 28.7 Å². The van der Waals surface area contributed by atoms with Crippen molar-refractivity contribution in [2.24, 2.45) is 0 Å². The first-order chi connectivity index (χ1) is 13.4. The van der Waals surface area contributed by atoms with Crippen LogP contribution in [0, 0.1) is 0 Å². The van der Waals surface area contributed by atoms with Crippen LogP contribution in [0.1, 0.15) is 28.8 Å². The summed E-state index contributed by atoms with van der Waals surface area (Å²) in [6.45, 7) is 0. The fourth-order valence-corrected chi connectivity index (χ4v) is 4.67. The molecule has 9 heteroatoms. The van der Waals surface area contributed by atoms with Crippen molar-refractivity contribution in [1.82, 2.24) is 4.98 Å². The lowest BCUT2D eigenvalue weighted by atomic mass is 10.0. The average molecular weight is 405 g/mol. The zero-order valence-electron chi connectivity index (χ0n) is 15.1.